The van der Waals surface area contributed by atoms with Gasteiger partial charge in [0.1, 0.15) is 6.10 Å². The largest absolute Gasteiger partial charge is 0.385 e. The fourth-order valence-corrected chi connectivity index (χ4v) is 3.18. The number of rotatable bonds is 8. The summed E-state index contributed by atoms with van der Waals surface area (Å²) in [6.07, 6.45) is 1.17. The van der Waals surface area contributed by atoms with E-state index in [2.05, 4.69) is 58.5 Å². The van der Waals surface area contributed by atoms with Crippen LogP contribution in [0, 0.1) is 0 Å². The fraction of sp³-hybridized carbons (Fsp3) is 0.800. The van der Waals surface area contributed by atoms with Gasteiger partial charge in [0.15, 0.2) is 0 Å². The van der Waals surface area contributed by atoms with E-state index >= 15 is 0 Å². The molecule has 0 fully saturated rings. The second-order valence-corrected chi connectivity index (χ2v) is 6.99. The molecule has 0 saturated heterocycles. The second-order valence-electron chi connectivity index (χ2n) is 6.13. The Morgan fingerprint density at radius 1 is 1.33 bits per heavy atom. The Hall–Kier alpha value is -0.430. The van der Waals surface area contributed by atoms with Crippen molar-refractivity contribution in [3.8, 4) is 0 Å². The van der Waals surface area contributed by atoms with Crippen molar-refractivity contribution in [2.75, 3.05) is 33.7 Å². The van der Waals surface area contributed by atoms with Crippen LogP contribution in [0.3, 0.4) is 0 Å². The molecule has 0 aliphatic rings. The van der Waals surface area contributed by atoms with Crippen LogP contribution in [0.15, 0.2) is 10.7 Å². The number of nitrogens with zero attached hydrogens (tertiary/aromatic N) is 4. The van der Waals surface area contributed by atoms with Gasteiger partial charge >= 0.3 is 0 Å². The van der Waals surface area contributed by atoms with Gasteiger partial charge in [0.25, 0.3) is 0 Å². The van der Waals surface area contributed by atoms with Crippen LogP contribution in [0.2, 0.25) is 0 Å². The standard InChI is InChI=1S/C15H29BrN4O/c1-7-19(8-2)15(3,4)14(21)13-12(16)11-17-20(13)10-9-18(5)6/h11,14,21H,7-10H2,1-6H3. The molecule has 122 valence electrons. The molecule has 0 bridgehead atoms. The highest BCUT2D eigenvalue weighted by atomic mass is 79.9. The van der Waals surface area contributed by atoms with Gasteiger partial charge in [-0.2, -0.15) is 5.10 Å². The molecule has 0 radical (unpaired) electrons. The predicted molar refractivity (Wildman–Crippen MR) is 90.4 cm³/mol. The number of aliphatic hydroxyl groups excluding tert-OH is 1. The van der Waals surface area contributed by atoms with Crippen molar-refractivity contribution in [2.45, 2.75) is 45.9 Å². The van der Waals surface area contributed by atoms with E-state index in [1.54, 1.807) is 6.20 Å². The van der Waals surface area contributed by atoms with Gasteiger partial charge in [-0.1, -0.05) is 13.8 Å². The molecular weight excluding hydrogens is 332 g/mol. The van der Waals surface area contributed by atoms with Gasteiger partial charge in [0, 0.05) is 12.1 Å². The van der Waals surface area contributed by atoms with Crippen molar-refractivity contribution >= 4 is 15.9 Å². The van der Waals surface area contributed by atoms with Crippen LogP contribution >= 0.6 is 15.9 Å². The molecule has 0 saturated carbocycles. The molecule has 1 heterocycles. The van der Waals surface area contributed by atoms with E-state index in [0.717, 1.165) is 36.3 Å². The van der Waals surface area contributed by atoms with Gasteiger partial charge in [-0.05, 0) is 57.0 Å². The minimum atomic E-state index is -0.601. The summed E-state index contributed by atoms with van der Waals surface area (Å²) in [5, 5.41) is 15.3. The Kier molecular flexibility index (Phi) is 6.84. The van der Waals surface area contributed by atoms with Crippen LogP contribution in [0.25, 0.3) is 0 Å². The van der Waals surface area contributed by atoms with Crippen LogP contribution in [0.5, 0.6) is 0 Å². The van der Waals surface area contributed by atoms with Gasteiger partial charge in [0.2, 0.25) is 0 Å². The van der Waals surface area contributed by atoms with E-state index in [9.17, 15) is 5.11 Å². The Morgan fingerprint density at radius 2 is 1.90 bits per heavy atom. The molecule has 1 N–H and O–H groups in total. The second kappa shape index (κ2) is 7.72. The third-order valence-electron chi connectivity index (χ3n) is 4.10. The number of aromatic nitrogens is 2. The number of aliphatic hydroxyl groups is 1. The summed E-state index contributed by atoms with van der Waals surface area (Å²) >= 11 is 3.53. The maximum absolute atomic E-state index is 11.0. The molecule has 0 aliphatic carbocycles. The van der Waals surface area contributed by atoms with Crippen LogP contribution in [-0.2, 0) is 6.54 Å². The minimum absolute atomic E-state index is 0.345. The molecule has 6 heteroatoms. The molecule has 5 nitrogen and oxygen atoms in total. The highest BCUT2D eigenvalue weighted by Gasteiger charge is 2.36. The Bertz CT molecular complexity index is 441. The van der Waals surface area contributed by atoms with Crippen molar-refractivity contribution in [3.63, 3.8) is 0 Å². The SMILES string of the molecule is CCN(CC)C(C)(C)C(O)c1c(Br)cnn1CCN(C)C. The molecular formula is C15H29BrN4O. The third kappa shape index (κ3) is 4.28. The Balaban J connectivity index is 3.05. The quantitative estimate of drug-likeness (QED) is 0.772. The average molecular weight is 361 g/mol. The van der Waals surface area contributed by atoms with Crippen LogP contribution < -0.4 is 0 Å². The minimum Gasteiger partial charge on any atom is -0.385 e. The maximum atomic E-state index is 11.0. The van der Waals surface area contributed by atoms with Crippen LogP contribution in [0.1, 0.15) is 39.5 Å². The molecule has 1 unspecified atom stereocenters. The number of likely N-dealkylation sites (N-methyl/N-ethyl adjacent to an activating group) is 2. The summed E-state index contributed by atoms with van der Waals surface area (Å²) in [6.45, 7) is 11.9. The first kappa shape index (κ1) is 18.6. The smallest absolute Gasteiger partial charge is 0.114 e. The Morgan fingerprint density at radius 3 is 2.38 bits per heavy atom. The van der Waals surface area contributed by atoms with Gasteiger partial charge < -0.3 is 10.0 Å². The zero-order valence-corrected chi connectivity index (χ0v) is 15.7. The van der Waals surface area contributed by atoms with E-state index in [1.165, 1.54) is 0 Å². The first-order valence-electron chi connectivity index (χ1n) is 7.54. The summed E-state index contributed by atoms with van der Waals surface area (Å²) in [4.78, 5) is 4.38. The predicted octanol–water partition coefficient (Wildman–Crippen LogP) is 2.36. The fourth-order valence-electron chi connectivity index (χ4n) is 2.66. The maximum Gasteiger partial charge on any atom is 0.114 e. The molecule has 1 atom stereocenters. The zero-order chi connectivity index (χ0) is 16.2. The summed E-state index contributed by atoms with van der Waals surface area (Å²) < 4.78 is 2.77. The van der Waals surface area contributed by atoms with Crippen molar-refractivity contribution in [1.29, 1.82) is 0 Å². The lowest BCUT2D eigenvalue weighted by molar-refractivity contribution is -0.0117. The lowest BCUT2D eigenvalue weighted by Gasteiger charge is -2.41. The highest BCUT2D eigenvalue weighted by molar-refractivity contribution is 9.10. The lowest BCUT2D eigenvalue weighted by atomic mass is 9.92. The van der Waals surface area contributed by atoms with Crippen LogP contribution in [0.4, 0.5) is 0 Å². The topological polar surface area (TPSA) is 44.5 Å². The average Bonchev–Trinajstić information content (AvgIpc) is 2.77. The molecule has 1 rings (SSSR count). The van der Waals surface area contributed by atoms with E-state index < -0.39 is 6.10 Å². The molecule has 21 heavy (non-hydrogen) atoms. The lowest BCUT2D eigenvalue weighted by Crippen LogP contribution is -2.48. The number of halogens is 1. The van der Waals surface area contributed by atoms with Gasteiger partial charge in [-0.15, -0.1) is 0 Å². The zero-order valence-electron chi connectivity index (χ0n) is 14.1. The van der Waals surface area contributed by atoms with Gasteiger partial charge in [-0.3, -0.25) is 9.58 Å². The van der Waals surface area contributed by atoms with Crippen LogP contribution in [-0.4, -0.2) is 64.0 Å². The summed E-state index contributed by atoms with van der Waals surface area (Å²) in [5.41, 5.74) is 0.510. The molecule has 0 spiro atoms. The summed E-state index contributed by atoms with van der Waals surface area (Å²) in [6, 6.07) is 0. The van der Waals surface area contributed by atoms with Crippen molar-refractivity contribution in [2.24, 2.45) is 0 Å². The Labute approximate surface area is 137 Å². The first-order valence-corrected chi connectivity index (χ1v) is 8.34. The first-order chi connectivity index (χ1) is 9.75. The molecule has 0 aliphatic heterocycles. The highest BCUT2D eigenvalue weighted by Crippen LogP contribution is 2.34. The van der Waals surface area contributed by atoms with E-state index in [4.69, 9.17) is 0 Å². The number of hydrogen-bond donors (Lipinski definition) is 1. The van der Waals surface area contributed by atoms with Crippen molar-refractivity contribution < 1.29 is 5.11 Å². The molecule has 0 aromatic carbocycles. The third-order valence-corrected chi connectivity index (χ3v) is 4.71. The van der Waals surface area contributed by atoms with Crippen molar-refractivity contribution in [3.05, 3.63) is 16.4 Å². The van der Waals surface area contributed by atoms with E-state index in [0.29, 0.717) is 0 Å². The van der Waals surface area contributed by atoms with Gasteiger partial charge in [-0.25, -0.2) is 0 Å². The molecule has 1 aromatic rings. The van der Waals surface area contributed by atoms with Crippen molar-refractivity contribution in [1.82, 2.24) is 19.6 Å². The van der Waals surface area contributed by atoms with Gasteiger partial charge in [0.05, 0.1) is 22.9 Å². The molecule has 0 amide bonds. The normalized spacial score (nSPS) is 14.2. The summed E-state index contributed by atoms with van der Waals surface area (Å²) in [7, 11) is 4.07. The summed E-state index contributed by atoms with van der Waals surface area (Å²) in [5.74, 6) is 0. The van der Waals surface area contributed by atoms with E-state index in [1.807, 2.05) is 18.8 Å². The van der Waals surface area contributed by atoms with E-state index in [-0.39, 0.29) is 5.54 Å². The monoisotopic (exact) mass is 360 g/mol. The molecule has 1 aromatic heterocycles. The number of hydrogen-bond acceptors (Lipinski definition) is 4.